The van der Waals surface area contributed by atoms with Crippen LogP contribution in [0.15, 0.2) is 24.3 Å². The number of imide groups is 1. The molecule has 0 aromatic heterocycles. The van der Waals surface area contributed by atoms with Gasteiger partial charge < -0.3 is 0 Å². The lowest BCUT2D eigenvalue weighted by molar-refractivity contribution is 0.0651. The molecule has 22 heavy (non-hydrogen) atoms. The molecule has 1 atom stereocenters. The molecule has 0 saturated heterocycles. The average molecular weight is 343 g/mol. The highest BCUT2D eigenvalue weighted by Crippen LogP contribution is 2.22. The Kier molecular flexibility index (Phi) is 5.63. The monoisotopic (exact) mass is 343 g/mol. The van der Waals surface area contributed by atoms with Gasteiger partial charge in [0.05, 0.1) is 17.7 Å². The van der Waals surface area contributed by atoms with Gasteiger partial charge in [-0.2, -0.15) is 4.21 Å². The van der Waals surface area contributed by atoms with Crippen LogP contribution in [0.1, 0.15) is 46.4 Å². The van der Waals surface area contributed by atoms with Crippen molar-refractivity contribution in [2.75, 3.05) is 13.2 Å². The number of benzene rings is 1. The summed E-state index contributed by atoms with van der Waals surface area (Å²) in [7, 11) is -3.54. The molecule has 0 aliphatic carbocycles. The number of amides is 2. The molecule has 120 valence electrons. The molecule has 0 saturated carbocycles. The van der Waals surface area contributed by atoms with E-state index in [1.165, 1.54) is 4.90 Å². The number of carbonyl (C=O) groups excluding carboxylic acids is 2. The molecular weight excluding hydrogens is 326 g/mol. The van der Waals surface area contributed by atoms with E-state index in [2.05, 4.69) is 15.4 Å². The Morgan fingerprint density at radius 1 is 1.05 bits per heavy atom. The van der Waals surface area contributed by atoms with Crippen molar-refractivity contribution in [3.8, 4) is 0 Å². The molecule has 1 aliphatic heterocycles. The third-order valence-electron chi connectivity index (χ3n) is 3.39. The highest BCUT2D eigenvalue weighted by Gasteiger charge is 2.34. The highest BCUT2D eigenvalue weighted by molar-refractivity contribution is 8.27. The molecule has 0 radical (unpaired) electrons. The maximum atomic E-state index is 12.1. The van der Waals surface area contributed by atoms with Gasteiger partial charge in [0.25, 0.3) is 20.9 Å². The van der Waals surface area contributed by atoms with Crippen molar-refractivity contribution in [1.29, 1.82) is 0 Å². The standard InChI is InChI=1S/C14H17NO5S2/c16-13-11-7-3-4-8-12(11)14(17)15(13)9-5-1-2-6-10-20-22(18,19)21/h3-4,7-8H,1-2,5-6,9-10H2,(H,18,19,21). The molecule has 1 N–H and O–H groups in total. The molecule has 6 nitrogen and oxygen atoms in total. The summed E-state index contributed by atoms with van der Waals surface area (Å²) in [6.45, 7) is 0.511. The minimum Gasteiger partial charge on any atom is -0.285 e. The van der Waals surface area contributed by atoms with Crippen molar-refractivity contribution in [2.45, 2.75) is 25.7 Å². The van der Waals surface area contributed by atoms with Gasteiger partial charge in [0.1, 0.15) is 0 Å². The van der Waals surface area contributed by atoms with E-state index in [4.69, 9.17) is 4.55 Å². The predicted molar refractivity (Wildman–Crippen MR) is 84.4 cm³/mol. The minimum absolute atomic E-state index is 0.131. The highest BCUT2D eigenvalue weighted by atomic mass is 32.9. The first kappa shape index (κ1) is 17.0. The third kappa shape index (κ3) is 4.33. The molecule has 1 aromatic rings. The van der Waals surface area contributed by atoms with Crippen molar-refractivity contribution in [2.24, 2.45) is 0 Å². The van der Waals surface area contributed by atoms with Gasteiger partial charge in [0.15, 0.2) is 0 Å². The molecule has 0 spiro atoms. The maximum Gasteiger partial charge on any atom is 0.266 e. The topological polar surface area (TPSA) is 83.9 Å². The molecule has 1 aliphatic rings. The maximum absolute atomic E-state index is 12.1. The van der Waals surface area contributed by atoms with Crippen LogP contribution in [0.25, 0.3) is 0 Å². The predicted octanol–water partition coefficient (Wildman–Crippen LogP) is 1.99. The zero-order valence-corrected chi connectivity index (χ0v) is 13.5. The molecule has 1 heterocycles. The molecule has 1 unspecified atom stereocenters. The number of hydrogen-bond acceptors (Lipinski definition) is 5. The van der Waals surface area contributed by atoms with E-state index in [0.717, 1.165) is 12.8 Å². The molecule has 2 rings (SSSR count). The van der Waals surface area contributed by atoms with Crippen LogP contribution in [0, 0.1) is 0 Å². The normalized spacial score (nSPS) is 16.7. The number of carbonyl (C=O) groups is 2. The summed E-state index contributed by atoms with van der Waals surface area (Å²) in [6, 6.07) is 6.81. The van der Waals surface area contributed by atoms with E-state index in [0.29, 0.717) is 30.5 Å². The SMILES string of the molecule is O=C1c2ccccc2C(=O)N1CCCCCCOS(=O)(O)=S. The molecule has 1 aromatic carbocycles. The Morgan fingerprint density at radius 2 is 1.59 bits per heavy atom. The summed E-state index contributed by atoms with van der Waals surface area (Å²) >= 11 is 4.20. The fourth-order valence-corrected chi connectivity index (χ4v) is 2.86. The van der Waals surface area contributed by atoms with Gasteiger partial charge in [-0.3, -0.25) is 23.2 Å². The van der Waals surface area contributed by atoms with Crippen molar-refractivity contribution in [3.05, 3.63) is 35.4 Å². The first-order chi connectivity index (χ1) is 10.4. The van der Waals surface area contributed by atoms with Crippen LogP contribution < -0.4 is 0 Å². The van der Waals surface area contributed by atoms with Gasteiger partial charge in [0.2, 0.25) is 0 Å². The van der Waals surface area contributed by atoms with E-state index >= 15 is 0 Å². The average Bonchev–Trinajstić information content (AvgIpc) is 2.70. The lowest BCUT2D eigenvalue weighted by Crippen LogP contribution is -2.30. The zero-order valence-electron chi connectivity index (χ0n) is 11.9. The molecule has 2 amide bonds. The van der Waals surface area contributed by atoms with Crippen LogP contribution >= 0.6 is 0 Å². The van der Waals surface area contributed by atoms with E-state index in [-0.39, 0.29) is 18.4 Å². The summed E-state index contributed by atoms with van der Waals surface area (Å²) in [5.41, 5.74) is 0.924. The Morgan fingerprint density at radius 3 is 2.14 bits per heavy atom. The van der Waals surface area contributed by atoms with Crippen molar-refractivity contribution in [1.82, 2.24) is 4.90 Å². The zero-order chi connectivity index (χ0) is 16.2. The van der Waals surface area contributed by atoms with Crippen LogP contribution in [-0.2, 0) is 24.4 Å². The third-order valence-corrected chi connectivity index (χ3v) is 4.14. The van der Waals surface area contributed by atoms with Crippen LogP contribution in [0.5, 0.6) is 0 Å². The van der Waals surface area contributed by atoms with Gasteiger partial charge in [-0.05, 0) is 25.0 Å². The molecular formula is C14H17NO5S2. The van der Waals surface area contributed by atoms with E-state index in [9.17, 15) is 13.8 Å². The quantitative estimate of drug-likeness (QED) is 0.574. The van der Waals surface area contributed by atoms with Gasteiger partial charge in [-0.1, -0.05) is 25.0 Å². The first-order valence-electron chi connectivity index (χ1n) is 6.97. The summed E-state index contributed by atoms with van der Waals surface area (Å²) in [5.74, 6) is -0.481. The van der Waals surface area contributed by atoms with E-state index < -0.39 is 9.05 Å². The minimum atomic E-state index is -3.54. The van der Waals surface area contributed by atoms with Crippen LogP contribution in [0.4, 0.5) is 0 Å². The van der Waals surface area contributed by atoms with E-state index in [1.54, 1.807) is 24.3 Å². The Hall–Kier alpha value is -1.35. The summed E-state index contributed by atoms with van der Waals surface area (Å²) in [5, 5.41) is 0. The number of nitrogens with zero attached hydrogens (tertiary/aromatic N) is 1. The van der Waals surface area contributed by atoms with Crippen molar-refractivity contribution < 1.29 is 22.5 Å². The summed E-state index contributed by atoms with van der Waals surface area (Å²) < 4.78 is 24.0. The van der Waals surface area contributed by atoms with Gasteiger partial charge in [0, 0.05) is 17.7 Å². The Bertz CT molecular complexity index is 637. The number of fused-ring (bicyclic) bond motifs is 1. The van der Waals surface area contributed by atoms with E-state index in [1.807, 2.05) is 0 Å². The number of unbranched alkanes of at least 4 members (excludes halogenated alkanes) is 3. The van der Waals surface area contributed by atoms with Gasteiger partial charge >= 0.3 is 0 Å². The molecule has 0 bridgehead atoms. The Balaban J connectivity index is 1.71. The lowest BCUT2D eigenvalue weighted by Gasteiger charge is -2.13. The van der Waals surface area contributed by atoms with Crippen LogP contribution in [-0.4, -0.2) is 38.6 Å². The fraction of sp³-hybridized carbons (Fsp3) is 0.429. The fourth-order valence-electron chi connectivity index (χ4n) is 2.33. The molecule has 0 fully saturated rings. The number of hydrogen-bond donors (Lipinski definition) is 1. The second kappa shape index (κ2) is 7.28. The molecule has 8 heteroatoms. The van der Waals surface area contributed by atoms with Gasteiger partial charge in [-0.25, -0.2) is 0 Å². The second-order valence-corrected chi connectivity index (χ2v) is 7.33. The van der Waals surface area contributed by atoms with Crippen LogP contribution in [0.2, 0.25) is 0 Å². The van der Waals surface area contributed by atoms with Gasteiger partial charge in [-0.15, -0.1) is 0 Å². The summed E-state index contributed by atoms with van der Waals surface area (Å²) in [6.07, 6.45) is 2.86. The van der Waals surface area contributed by atoms with Crippen molar-refractivity contribution >= 4 is 32.1 Å². The number of rotatable bonds is 8. The van der Waals surface area contributed by atoms with Crippen molar-refractivity contribution in [3.63, 3.8) is 0 Å². The Labute approximate surface area is 134 Å². The summed E-state index contributed by atoms with van der Waals surface area (Å²) in [4.78, 5) is 25.5. The smallest absolute Gasteiger partial charge is 0.266 e. The largest absolute Gasteiger partial charge is 0.285 e. The second-order valence-electron chi connectivity index (χ2n) is 4.97. The first-order valence-corrected chi connectivity index (χ1v) is 9.34. The van der Waals surface area contributed by atoms with Crippen LogP contribution in [0.3, 0.4) is 0 Å². The lowest BCUT2D eigenvalue weighted by atomic mass is 10.1.